The van der Waals surface area contributed by atoms with Crippen LogP contribution in [0, 0.1) is 23.2 Å². The van der Waals surface area contributed by atoms with Gasteiger partial charge in [-0.25, -0.2) is 19.4 Å². The zero-order chi connectivity index (χ0) is 70.5. The standard InChI is InChI=1S/C65H99BN10O17S/c1-43(2)40-52(44(3)56(78)75-93-94-66)58(80)72-54(41-49-18-12-17-48-16-10-11-19-51(48)49)59(81)69-27-31-88-34-36-89-35-32-86-29-25-68-26-30-87-33-37-90-38-39-91-63(84)73-55(42-77)60(82)70-45(4)57(79)71-53-20-13-28-76(61(53)83)62(67)74-64(85)92-65(5,6)50-23-21-47(22-24-50)46-14-8-7-9-15-46/h7-9,12,14-15,17-18,21-24,43-45,52-55,61,68,77,83H,10-11,13,16,19-20,25-42,66H2,1-6H3,(H,69,81)(H,70,82)(H,71,79)(H,72,80)(H,73,84)(H,75,78)(H2,67,74,85)/i66TD,83T. The van der Waals surface area contributed by atoms with Crippen molar-refractivity contribution in [2.24, 2.45) is 17.8 Å². The maximum atomic E-state index is 13.9. The van der Waals surface area contributed by atoms with Gasteiger partial charge in [0, 0.05) is 44.4 Å². The Morgan fingerprint density at radius 1 is 0.723 bits per heavy atom. The second-order valence-electron chi connectivity index (χ2n) is 23.7. The van der Waals surface area contributed by atoms with Crippen LogP contribution in [0.5, 0.6) is 0 Å². The van der Waals surface area contributed by atoms with E-state index in [1.807, 2.05) is 80.6 Å². The molecule has 1 heterocycles. The quantitative estimate of drug-likeness (QED) is 0.00969. The van der Waals surface area contributed by atoms with E-state index in [1.165, 1.54) is 23.0 Å². The van der Waals surface area contributed by atoms with Gasteiger partial charge in [0.05, 0.1) is 78.7 Å². The summed E-state index contributed by atoms with van der Waals surface area (Å²) in [5, 5.41) is 42.4. The zero-order valence-corrected chi connectivity index (χ0v) is 55.7. The molecule has 3 aromatic carbocycles. The van der Waals surface area contributed by atoms with Crippen molar-refractivity contribution in [3.05, 3.63) is 95.1 Å². The Hall–Kier alpha value is -6.93. The number of guanidine groups is 1. The molecule has 1 aliphatic heterocycles. The number of hydrogen-bond donors (Lipinski definition) is 11. The molecular formula is C65H99BN10O17S. The summed E-state index contributed by atoms with van der Waals surface area (Å²) in [6.07, 6.45) is 2.31. The van der Waals surface area contributed by atoms with Crippen LogP contribution in [-0.4, -0.2) is 210 Å². The van der Waals surface area contributed by atoms with Gasteiger partial charge in [-0.1, -0.05) is 93.6 Å². The molecule has 7 amide bonds. The average Bonchev–Trinajstić information content (AvgIpc) is 0.835. The maximum absolute atomic E-state index is 13.9. The van der Waals surface area contributed by atoms with E-state index >= 15 is 0 Å². The molecule has 94 heavy (non-hydrogen) atoms. The number of nitrogens with zero attached hydrogens (tertiary/aromatic N) is 1. The molecule has 7 unspecified atom stereocenters. The fourth-order valence-corrected chi connectivity index (χ4v) is 10.7. The highest BCUT2D eigenvalue weighted by Gasteiger charge is 2.37. The SMILES string of the molecule is [2H]B([3H])SONC(=O)C(C)C(CC(C)C)C(=O)NC(Cc1cccc2c1CCCC2)C(=O)NCCOCCOCCOCCNCCOCCOCCOC(=O)NC(CO)C(=O)NC(C)C(=O)NC1CCCN(C(=N)NC(=O)OC(C)(C)c2ccc(-c3ccccc3)cc2)C1O[3H]. The third-order valence-electron chi connectivity index (χ3n) is 15.8. The van der Waals surface area contributed by atoms with Crippen LogP contribution < -0.4 is 42.7 Å². The lowest BCUT2D eigenvalue weighted by Crippen LogP contribution is -2.62. The van der Waals surface area contributed by atoms with Crippen molar-refractivity contribution >= 4 is 66.6 Å². The van der Waals surface area contributed by atoms with Gasteiger partial charge in [0.2, 0.25) is 44.0 Å². The minimum atomic E-state index is -1.47. The molecule has 3 aromatic rings. The van der Waals surface area contributed by atoms with Crippen LogP contribution in [0.1, 0.15) is 95.9 Å². The Bertz CT molecular complexity index is 2920. The number of aliphatic hydroxyl groups is 2. The summed E-state index contributed by atoms with van der Waals surface area (Å²) in [7, 11) is -1.37. The minimum absolute atomic E-state index is 0.0229. The van der Waals surface area contributed by atoms with Crippen molar-refractivity contribution in [1.82, 2.24) is 47.6 Å². The van der Waals surface area contributed by atoms with Gasteiger partial charge < -0.3 is 80.2 Å². The van der Waals surface area contributed by atoms with E-state index in [1.54, 1.807) is 20.8 Å². The number of hydrogen-bond acceptors (Lipinski definition) is 20. The number of aliphatic hydroxyl groups excluding tert-OH is 2. The largest absolute Gasteiger partial charge is 0.447 e. The first-order valence-corrected chi connectivity index (χ1v) is 32.9. The number of ether oxygens (including phenoxy) is 7. The molecule has 1 aliphatic carbocycles. The van der Waals surface area contributed by atoms with Crippen LogP contribution in [0.2, 0.25) is 0 Å². The Balaban J connectivity index is 0.856. The zero-order valence-electron chi connectivity index (χ0n) is 57.9. The molecule has 2 aliphatic rings. The number of carbonyl (C=O) groups is 7. The molecule has 27 nitrogen and oxygen atoms in total. The second kappa shape index (κ2) is 42.5. The van der Waals surface area contributed by atoms with Crippen molar-refractivity contribution < 1.29 is 81.2 Å². The fourth-order valence-electron chi connectivity index (χ4n) is 10.6. The van der Waals surface area contributed by atoms with Crippen molar-refractivity contribution in [3.63, 3.8) is 0 Å². The number of carbonyl (C=O) groups excluding carboxylic acids is 7. The highest BCUT2D eigenvalue weighted by molar-refractivity contribution is 8.15. The van der Waals surface area contributed by atoms with Crippen molar-refractivity contribution in [3.8, 4) is 11.1 Å². The van der Waals surface area contributed by atoms with Crippen LogP contribution >= 0.6 is 11.9 Å². The van der Waals surface area contributed by atoms with Crippen LogP contribution in [0.3, 0.4) is 0 Å². The number of likely N-dealkylation sites (tertiary alicyclic amines) is 1. The number of fused-ring (bicyclic) bond motifs is 1. The number of hydroxylamine groups is 1. The highest BCUT2D eigenvalue weighted by Crippen LogP contribution is 2.29. The normalized spacial score (nSPS) is 16.6. The summed E-state index contributed by atoms with van der Waals surface area (Å²) in [5.74, 6) is -4.90. The molecule has 0 spiro atoms. The highest BCUT2D eigenvalue weighted by atomic mass is 32.2. The number of amides is 7. The lowest BCUT2D eigenvalue weighted by Gasteiger charge is -2.39. The van der Waals surface area contributed by atoms with E-state index < -0.39 is 103 Å². The van der Waals surface area contributed by atoms with Crippen molar-refractivity contribution in [2.75, 3.05) is 105 Å². The molecule has 7 atom stereocenters. The van der Waals surface area contributed by atoms with Crippen LogP contribution in [-0.2, 0) is 86.3 Å². The van der Waals surface area contributed by atoms with Crippen molar-refractivity contribution in [1.29, 1.82) is 9.51 Å². The Kier molecular flexibility index (Phi) is 33.0. The van der Waals surface area contributed by atoms with Gasteiger partial charge in [-0.15, -0.1) is 0 Å². The molecule has 0 saturated carbocycles. The Labute approximate surface area is 561 Å². The van der Waals surface area contributed by atoms with E-state index in [-0.39, 0.29) is 71.0 Å². The summed E-state index contributed by atoms with van der Waals surface area (Å²) in [6, 6.07) is 19.1. The molecule has 520 valence electrons. The molecule has 0 radical (unpaired) electrons. The molecular weight excluding hydrogens is 1240 g/mol. The molecule has 0 bridgehead atoms. The number of benzene rings is 3. The molecule has 29 heteroatoms. The van der Waals surface area contributed by atoms with Gasteiger partial charge >= 0.3 is 12.2 Å². The average molecular weight is 1340 g/mol. The summed E-state index contributed by atoms with van der Waals surface area (Å²) < 4.78 is 66.0. The van der Waals surface area contributed by atoms with Gasteiger partial charge in [-0.3, -0.25) is 34.7 Å². The summed E-state index contributed by atoms with van der Waals surface area (Å²) in [4.78, 5) is 93.8. The van der Waals surface area contributed by atoms with Gasteiger partial charge in [-0.2, -0.15) is 0 Å². The third-order valence-corrected chi connectivity index (χ3v) is 15.9. The first kappa shape index (κ1) is 72.9. The molecule has 1 fully saturated rings. The van der Waals surface area contributed by atoms with Crippen LogP contribution in [0.4, 0.5) is 9.59 Å². The molecule has 1 saturated heterocycles. The number of aryl methyl sites for hydroxylation is 1. The first-order chi connectivity index (χ1) is 46.6. The predicted molar refractivity (Wildman–Crippen MR) is 355 cm³/mol. The number of piperidine rings is 1. The van der Waals surface area contributed by atoms with Gasteiger partial charge in [0.1, 0.15) is 36.6 Å². The topological polar surface area (TPSA) is 357 Å². The monoisotopic (exact) mass is 1340 g/mol. The number of alkyl carbamates (subject to hydrolysis) is 2. The van der Waals surface area contributed by atoms with Gasteiger partial charge in [-0.05, 0) is 120 Å². The molecule has 5 rings (SSSR count). The third kappa shape index (κ3) is 27.4. The number of nitrogens with one attached hydrogen (secondary N) is 9. The Morgan fingerprint density at radius 3 is 2.01 bits per heavy atom. The van der Waals surface area contributed by atoms with Crippen LogP contribution in [0.15, 0.2) is 72.8 Å². The second-order valence-corrected chi connectivity index (χ2v) is 24.1. The summed E-state index contributed by atoms with van der Waals surface area (Å²) in [6.45, 7) is 13.8. The van der Waals surface area contributed by atoms with E-state index in [2.05, 4.69) is 48.8 Å². The Morgan fingerprint density at radius 2 is 1.36 bits per heavy atom. The lowest BCUT2D eigenvalue weighted by atomic mass is 9.84. The minimum Gasteiger partial charge on any atom is -0.447 e. The smallest absolute Gasteiger partial charge is 0.414 e. The molecule has 0 aromatic heterocycles. The maximum Gasteiger partial charge on any atom is 0.414 e. The van der Waals surface area contributed by atoms with E-state index in [9.17, 15) is 38.7 Å². The summed E-state index contributed by atoms with van der Waals surface area (Å²) >= 11 is 0.456. The van der Waals surface area contributed by atoms with E-state index in [0.717, 1.165) is 47.9 Å². The number of rotatable bonds is 43. The van der Waals surface area contributed by atoms with Gasteiger partial charge in [0.25, 0.3) is 0 Å². The van der Waals surface area contributed by atoms with E-state index in [0.29, 0.717) is 77.3 Å². The van der Waals surface area contributed by atoms with Crippen LogP contribution in [0.25, 0.3) is 11.1 Å². The lowest BCUT2D eigenvalue weighted by molar-refractivity contribution is -0.139. The van der Waals surface area contributed by atoms with Gasteiger partial charge in [0.15, 0.2) is 0 Å². The molecule has 11 N–H and O–H groups in total. The first-order valence-electron chi connectivity index (χ1n) is 33.7. The predicted octanol–water partition coefficient (Wildman–Crippen LogP) is 2.68. The van der Waals surface area contributed by atoms with Crippen molar-refractivity contribution in [2.45, 2.75) is 129 Å². The summed E-state index contributed by atoms with van der Waals surface area (Å²) in [5.41, 5.74) is 7.36. The van der Waals surface area contributed by atoms with E-state index in [4.69, 9.17) is 52.1 Å². The fraction of sp³-hybridized carbons (Fsp3) is 0.600.